The van der Waals surface area contributed by atoms with Crippen molar-refractivity contribution in [1.82, 2.24) is 10.9 Å². The van der Waals surface area contributed by atoms with Gasteiger partial charge in [0.15, 0.2) is 0 Å². The standard InChI is InChI=1S/C19H22N2O2S2/c1-13-7-8-16-14(11-13)12-17(25-16)19(23)21-20-18(22)9-10-24-15-5-3-2-4-6-15/h2-6,12-13H,7-11H2,1H3,(H,20,22)(H,21,23)/t13-/m0/s1. The van der Waals surface area contributed by atoms with Gasteiger partial charge in [-0.1, -0.05) is 25.1 Å². The van der Waals surface area contributed by atoms with Crippen LogP contribution in [0, 0.1) is 5.92 Å². The van der Waals surface area contributed by atoms with Gasteiger partial charge >= 0.3 is 0 Å². The van der Waals surface area contributed by atoms with Crippen molar-refractivity contribution in [3.05, 3.63) is 51.7 Å². The monoisotopic (exact) mass is 374 g/mol. The average Bonchev–Trinajstić information content (AvgIpc) is 3.04. The number of hydrogen-bond donors (Lipinski definition) is 2. The summed E-state index contributed by atoms with van der Waals surface area (Å²) in [5, 5.41) is 0. The van der Waals surface area contributed by atoms with Crippen molar-refractivity contribution < 1.29 is 9.59 Å². The number of rotatable bonds is 5. The third-order valence-electron chi connectivity index (χ3n) is 4.21. The molecule has 1 aliphatic rings. The number of thioether (sulfide) groups is 1. The molecule has 3 rings (SSSR count). The maximum absolute atomic E-state index is 12.2. The van der Waals surface area contributed by atoms with Crippen molar-refractivity contribution in [2.75, 3.05) is 5.75 Å². The zero-order valence-corrected chi connectivity index (χ0v) is 15.8. The molecule has 132 valence electrons. The topological polar surface area (TPSA) is 58.2 Å². The Morgan fingerprint density at radius 1 is 1.24 bits per heavy atom. The number of carbonyl (C=O) groups is 2. The van der Waals surface area contributed by atoms with Gasteiger partial charge in [-0.05, 0) is 48.9 Å². The molecule has 4 nitrogen and oxygen atoms in total. The molecule has 0 unspecified atom stereocenters. The maximum Gasteiger partial charge on any atom is 0.279 e. The highest BCUT2D eigenvalue weighted by molar-refractivity contribution is 7.99. The predicted molar refractivity (Wildman–Crippen MR) is 103 cm³/mol. The van der Waals surface area contributed by atoms with E-state index in [4.69, 9.17) is 0 Å². The minimum absolute atomic E-state index is 0.174. The maximum atomic E-state index is 12.2. The van der Waals surface area contributed by atoms with Crippen LogP contribution in [0.2, 0.25) is 0 Å². The van der Waals surface area contributed by atoms with E-state index in [1.165, 1.54) is 16.9 Å². The molecule has 0 spiro atoms. The van der Waals surface area contributed by atoms with Gasteiger partial charge in [-0.3, -0.25) is 20.4 Å². The Kier molecular flexibility index (Phi) is 6.15. The molecule has 0 bridgehead atoms. The van der Waals surface area contributed by atoms with E-state index in [2.05, 4.69) is 17.8 Å². The molecule has 1 heterocycles. The molecule has 6 heteroatoms. The van der Waals surface area contributed by atoms with Crippen LogP contribution in [-0.2, 0) is 17.6 Å². The molecule has 1 aromatic carbocycles. The van der Waals surface area contributed by atoms with E-state index in [1.54, 1.807) is 23.1 Å². The van der Waals surface area contributed by atoms with Crippen molar-refractivity contribution in [1.29, 1.82) is 0 Å². The fraction of sp³-hybridized carbons (Fsp3) is 0.368. The van der Waals surface area contributed by atoms with Gasteiger partial charge in [-0.15, -0.1) is 23.1 Å². The first-order valence-corrected chi connectivity index (χ1v) is 10.3. The second-order valence-electron chi connectivity index (χ2n) is 6.32. The summed E-state index contributed by atoms with van der Waals surface area (Å²) in [5.41, 5.74) is 6.33. The number of nitrogens with one attached hydrogen (secondary N) is 2. The summed E-state index contributed by atoms with van der Waals surface area (Å²) in [6.07, 6.45) is 3.64. The van der Waals surface area contributed by atoms with Crippen molar-refractivity contribution in [2.24, 2.45) is 5.92 Å². The van der Waals surface area contributed by atoms with E-state index >= 15 is 0 Å². The Labute approximate surface area is 156 Å². The van der Waals surface area contributed by atoms with Crippen molar-refractivity contribution in [3.63, 3.8) is 0 Å². The van der Waals surface area contributed by atoms with Gasteiger partial charge in [0.05, 0.1) is 4.88 Å². The molecule has 25 heavy (non-hydrogen) atoms. The summed E-state index contributed by atoms with van der Waals surface area (Å²) in [5.74, 6) is 0.958. The number of fused-ring (bicyclic) bond motifs is 1. The Bertz CT molecular complexity index is 743. The summed E-state index contributed by atoms with van der Waals surface area (Å²) in [6.45, 7) is 2.24. The SMILES string of the molecule is C[C@H]1CCc2sc(C(=O)NNC(=O)CCSc3ccccc3)cc2C1. The summed E-state index contributed by atoms with van der Waals surface area (Å²) in [6, 6.07) is 11.9. The van der Waals surface area contributed by atoms with Gasteiger partial charge in [0.2, 0.25) is 5.91 Å². The molecule has 1 atom stereocenters. The lowest BCUT2D eigenvalue weighted by atomic mass is 9.90. The second-order valence-corrected chi connectivity index (χ2v) is 8.63. The molecule has 0 saturated heterocycles. The Hall–Kier alpha value is -1.79. The molecule has 0 radical (unpaired) electrons. The zero-order chi connectivity index (χ0) is 17.6. The van der Waals surface area contributed by atoms with Crippen LogP contribution in [0.5, 0.6) is 0 Å². The molecule has 0 aliphatic heterocycles. The van der Waals surface area contributed by atoms with Crippen molar-refractivity contribution in [3.8, 4) is 0 Å². The first-order valence-electron chi connectivity index (χ1n) is 8.50. The van der Waals surface area contributed by atoms with Gasteiger partial charge in [-0.2, -0.15) is 0 Å². The first-order chi connectivity index (χ1) is 12.1. The molecule has 0 saturated carbocycles. The zero-order valence-electron chi connectivity index (χ0n) is 14.2. The molecule has 2 amide bonds. The summed E-state index contributed by atoms with van der Waals surface area (Å²) < 4.78 is 0. The van der Waals surface area contributed by atoms with E-state index in [0.29, 0.717) is 23.0 Å². The normalized spacial score (nSPS) is 16.1. The molecule has 1 aliphatic carbocycles. The van der Waals surface area contributed by atoms with Gasteiger partial charge < -0.3 is 0 Å². The summed E-state index contributed by atoms with van der Waals surface area (Å²) >= 11 is 3.17. The number of amides is 2. The molecule has 2 N–H and O–H groups in total. The largest absolute Gasteiger partial charge is 0.279 e. The Balaban J connectivity index is 1.42. The Morgan fingerprint density at radius 2 is 2.04 bits per heavy atom. The molecule has 0 fully saturated rings. The van der Waals surface area contributed by atoms with Crippen molar-refractivity contribution in [2.45, 2.75) is 37.5 Å². The molecular formula is C19H22N2O2S2. The number of carbonyl (C=O) groups excluding carboxylic acids is 2. The van der Waals surface area contributed by atoms with E-state index in [-0.39, 0.29) is 11.8 Å². The Morgan fingerprint density at radius 3 is 2.84 bits per heavy atom. The van der Waals surface area contributed by atoms with E-state index in [0.717, 1.165) is 17.7 Å². The van der Waals surface area contributed by atoms with E-state index in [9.17, 15) is 9.59 Å². The number of aryl methyl sites for hydroxylation is 1. The molecular weight excluding hydrogens is 352 g/mol. The average molecular weight is 375 g/mol. The number of hydrazine groups is 1. The van der Waals surface area contributed by atoms with Gasteiger partial charge in [0.1, 0.15) is 0 Å². The molecule has 1 aromatic heterocycles. The lowest BCUT2D eigenvalue weighted by Crippen LogP contribution is -2.41. The highest BCUT2D eigenvalue weighted by Gasteiger charge is 2.20. The minimum Gasteiger partial charge on any atom is -0.273 e. The van der Waals surface area contributed by atoms with E-state index in [1.807, 2.05) is 36.4 Å². The molecule has 2 aromatic rings. The van der Waals surface area contributed by atoms with Crippen LogP contribution in [0.1, 0.15) is 39.9 Å². The van der Waals surface area contributed by atoms with Gasteiger partial charge in [-0.25, -0.2) is 0 Å². The van der Waals surface area contributed by atoms with Crippen LogP contribution in [0.25, 0.3) is 0 Å². The van der Waals surface area contributed by atoms with Crippen molar-refractivity contribution >= 4 is 34.9 Å². The number of hydrogen-bond acceptors (Lipinski definition) is 4. The van der Waals surface area contributed by atoms with Gasteiger partial charge in [0, 0.05) is 21.9 Å². The summed E-state index contributed by atoms with van der Waals surface area (Å²) in [7, 11) is 0. The third-order valence-corrected chi connectivity index (χ3v) is 6.46. The van der Waals surface area contributed by atoms with Crippen LogP contribution >= 0.6 is 23.1 Å². The number of thiophene rings is 1. The minimum atomic E-state index is -0.226. The van der Waals surface area contributed by atoms with Gasteiger partial charge in [0.25, 0.3) is 5.91 Å². The number of benzene rings is 1. The van der Waals surface area contributed by atoms with Crippen LogP contribution < -0.4 is 10.9 Å². The summed E-state index contributed by atoms with van der Waals surface area (Å²) in [4.78, 5) is 27.2. The highest BCUT2D eigenvalue weighted by Crippen LogP contribution is 2.32. The van der Waals surface area contributed by atoms with Crippen LogP contribution in [-0.4, -0.2) is 17.6 Å². The fourth-order valence-corrected chi connectivity index (χ4v) is 4.82. The third kappa shape index (κ3) is 5.09. The lowest BCUT2D eigenvalue weighted by molar-refractivity contribution is -0.121. The fourth-order valence-electron chi connectivity index (χ4n) is 2.85. The predicted octanol–water partition coefficient (Wildman–Crippen LogP) is 3.82. The van der Waals surface area contributed by atoms with E-state index < -0.39 is 0 Å². The first kappa shape index (κ1) is 18.0. The highest BCUT2D eigenvalue weighted by atomic mass is 32.2. The lowest BCUT2D eigenvalue weighted by Gasteiger charge is -2.16. The van der Waals surface area contributed by atoms with Crippen LogP contribution in [0.4, 0.5) is 0 Å². The van der Waals surface area contributed by atoms with Crippen LogP contribution in [0.3, 0.4) is 0 Å². The smallest absolute Gasteiger partial charge is 0.273 e. The second kappa shape index (κ2) is 8.54. The quantitative estimate of drug-likeness (QED) is 0.618. The van der Waals surface area contributed by atoms with Crippen LogP contribution in [0.15, 0.2) is 41.3 Å².